The van der Waals surface area contributed by atoms with Gasteiger partial charge in [0.1, 0.15) is 5.82 Å². The second-order valence-electron chi connectivity index (χ2n) is 8.00. The molecule has 29 heavy (non-hydrogen) atoms. The molecule has 0 aliphatic heterocycles. The summed E-state index contributed by atoms with van der Waals surface area (Å²) in [6.45, 7) is -0.227. The second-order valence-corrected chi connectivity index (χ2v) is 8.00. The van der Waals surface area contributed by atoms with Gasteiger partial charge in [0.25, 0.3) is 6.43 Å². The van der Waals surface area contributed by atoms with Gasteiger partial charge in [-0.05, 0) is 66.7 Å². The number of hydrogen-bond acceptors (Lipinski definition) is 0. The maximum atomic E-state index is 14.1. The van der Waals surface area contributed by atoms with Crippen LogP contribution >= 0.6 is 0 Å². The Kier molecular flexibility index (Phi) is 7.68. The molecule has 2 aromatic carbocycles. The molecule has 0 aromatic heterocycles. The van der Waals surface area contributed by atoms with Crippen LogP contribution in [0.5, 0.6) is 0 Å². The molecule has 1 fully saturated rings. The Hall–Kier alpha value is -1.91. The summed E-state index contributed by atoms with van der Waals surface area (Å²) in [6.07, 6.45) is 1.46. The molecule has 0 heterocycles. The van der Waals surface area contributed by atoms with Gasteiger partial charge < -0.3 is 0 Å². The third-order valence-electron chi connectivity index (χ3n) is 6.08. The van der Waals surface area contributed by atoms with Crippen LogP contribution in [0, 0.1) is 11.7 Å². The molecule has 0 N–H and O–H groups in total. The number of alkyl halides is 4. The van der Waals surface area contributed by atoms with Crippen LogP contribution in [0.15, 0.2) is 42.5 Å². The van der Waals surface area contributed by atoms with Crippen molar-refractivity contribution in [3.63, 3.8) is 0 Å². The zero-order valence-corrected chi connectivity index (χ0v) is 16.4. The fraction of sp³-hybridized carbons (Fsp3) is 0.500. The molecule has 0 bridgehead atoms. The highest BCUT2D eigenvalue weighted by Gasteiger charge is 2.25. The quantitative estimate of drug-likeness (QED) is 0.304. The van der Waals surface area contributed by atoms with E-state index in [2.05, 4.69) is 0 Å². The lowest BCUT2D eigenvalue weighted by atomic mass is 9.77. The summed E-state index contributed by atoms with van der Waals surface area (Å²) in [6, 6.07) is 11.6. The molecule has 0 amide bonds. The highest BCUT2D eigenvalue weighted by atomic mass is 19.3. The van der Waals surface area contributed by atoms with Gasteiger partial charge in [0.05, 0.1) is 6.67 Å². The van der Waals surface area contributed by atoms with Crippen LogP contribution in [0.4, 0.5) is 22.0 Å². The summed E-state index contributed by atoms with van der Waals surface area (Å²) < 4.78 is 64.7. The van der Waals surface area contributed by atoms with E-state index in [9.17, 15) is 22.0 Å². The van der Waals surface area contributed by atoms with Gasteiger partial charge in [-0.15, -0.1) is 0 Å². The number of hydrogen-bond donors (Lipinski definition) is 0. The van der Waals surface area contributed by atoms with Crippen LogP contribution in [-0.2, 0) is 0 Å². The van der Waals surface area contributed by atoms with Gasteiger partial charge in [-0.25, -0.2) is 17.6 Å². The van der Waals surface area contributed by atoms with Crippen molar-refractivity contribution in [3.05, 3.63) is 59.4 Å². The van der Waals surface area contributed by atoms with Gasteiger partial charge in [0.15, 0.2) is 6.17 Å². The molecule has 0 spiro atoms. The van der Waals surface area contributed by atoms with Crippen molar-refractivity contribution in [2.45, 2.75) is 63.5 Å². The third kappa shape index (κ3) is 5.58. The van der Waals surface area contributed by atoms with E-state index in [1.807, 2.05) is 24.3 Å². The molecule has 158 valence electrons. The highest BCUT2D eigenvalue weighted by Crippen LogP contribution is 2.38. The third-order valence-corrected chi connectivity index (χ3v) is 6.08. The number of benzene rings is 2. The van der Waals surface area contributed by atoms with E-state index in [-0.39, 0.29) is 6.67 Å². The molecule has 1 saturated carbocycles. The molecule has 1 aliphatic rings. The van der Waals surface area contributed by atoms with Gasteiger partial charge in [0.2, 0.25) is 0 Å². The Labute approximate surface area is 169 Å². The van der Waals surface area contributed by atoms with E-state index >= 15 is 0 Å². The first-order valence-electron chi connectivity index (χ1n) is 10.4. The molecule has 0 nitrogen and oxygen atoms in total. The van der Waals surface area contributed by atoms with Crippen molar-refractivity contribution in [3.8, 4) is 11.1 Å². The van der Waals surface area contributed by atoms with Crippen LogP contribution < -0.4 is 0 Å². The maximum Gasteiger partial charge on any atom is 0.273 e. The van der Waals surface area contributed by atoms with Crippen molar-refractivity contribution >= 4 is 0 Å². The van der Waals surface area contributed by atoms with Crippen molar-refractivity contribution in [1.82, 2.24) is 0 Å². The molecule has 0 radical (unpaired) electrons. The topological polar surface area (TPSA) is 0 Å². The van der Waals surface area contributed by atoms with Gasteiger partial charge in [0, 0.05) is 5.56 Å². The van der Waals surface area contributed by atoms with Crippen LogP contribution in [0.1, 0.15) is 68.2 Å². The van der Waals surface area contributed by atoms with E-state index < -0.39 is 24.0 Å². The second kappa shape index (κ2) is 10.2. The summed E-state index contributed by atoms with van der Waals surface area (Å²) in [7, 11) is 0. The number of halogens is 5. The zero-order chi connectivity index (χ0) is 20.8. The Bertz CT molecular complexity index is 763. The predicted molar refractivity (Wildman–Crippen MR) is 106 cm³/mol. The minimum Gasteiger partial charge on any atom is -0.251 e. The number of rotatable bonds is 8. The summed E-state index contributed by atoms with van der Waals surface area (Å²) in [4.78, 5) is 0. The van der Waals surface area contributed by atoms with Gasteiger partial charge in [-0.1, -0.05) is 49.2 Å². The molecule has 1 unspecified atom stereocenters. The summed E-state index contributed by atoms with van der Waals surface area (Å²) in [5.41, 5.74) is 1.95. The molecule has 2 aromatic rings. The van der Waals surface area contributed by atoms with Gasteiger partial charge >= 0.3 is 0 Å². The van der Waals surface area contributed by atoms with Gasteiger partial charge in [-0.2, -0.15) is 0 Å². The molecule has 0 saturated heterocycles. The molecule has 3 rings (SSSR count). The lowest BCUT2D eigenvalue weighted by Crippen LogP contribution is -2.13. The largest absolute Gasteiger partial charge is 0.273 e. The van der Waals surface area contributed by atoms with E-state index in [1.54, 1.807) is 0 Å². The minimum atomic E-state index is -3.24. The first kappa shape index (κ1) is 21.8. The monoisotopic (exact) mass is 410 g/mol. The molecule has 5 heteroatoms. The fourth-order valence-electron chi connectivity index (χ4n) is 4.33. The minimum absolute atomic E-state index is 0.227. The highest BCUT2D eigenvalue weighted by molar-refractivity contribution is 5.64. The lowest BCUT2D eigenvalue weighted by Gasteiger charge is -2.29. The van der Waals surface area contributed by atoms with Crippen LogP contribution in [0.25, 0.3) is 11.1 Å². The normalized spacial score (nSPS) is 20.8. The van der Waals surface area contributed by atoms with E-state index in [1.165, 1.54) is 24.5 Å². The summed E-state index contributed by atoms with van der Waals surface area (Å²) in [5.74, 6) is 0.246. The van der Waals surface area contributed by atoms with E-state index in [0.29, 0.717) is 23.8 Å². The Morgan fingerprint density at radius 1 is 0.828 bits per heavy atom. The van der Waals surface area contributed by atoms with Crippen molar-refractivity contribution in [1.29, 1.82) is 0 Å². The number of unbranched alkanes of at least 4 members (excludes halogenated alkanes) is 1. The molecule has 1 aliphatic carbocycles. The Balaban J connectivity index is 1.61. The molecule has 1 atom stereocenters. The standard InChI is InChI=1S/C24H27F5/c25-14-2-1-3-16-4-6-17(7-5-16)18-8-10-19(11-9-18)20-12-13-21(22(26)15-20)23(27)24(28)29/h8-13,15-17,23-24H,1-7,14H2. The average molecular weight is 410 g/mol. The smallest absolute Gasteiger partial charge is 0.251 e. The maximum absolute atomic E-state index is 14.1. The van der Waals surface area contributed by atoms with Crippen LogP contribution in [0.3, 0.4) is 0 Å². The van der Waals surface area contributed by atoms with Crippen LogP contribution in [0.2, 0.25) is 0 Å². The van der Waals surface area contributed by atoms with Gasteiger partial charge in [-0.3, -0.25) is 4.39 Å². The van der Waals surface area contributed by atoms with Crippen LogP contribution in [-0.4, -0.2) is 13.1 Å². The summed E-state index contributed by atoms with van der Waals surface area (Å²) >= 11 is 0. The predicted octanol–water partition coefficient (Wildman–Crippen LogP) is 8.18. The first-order valence-corrected chi connectivity index (χ1v) is 10.4. The SMILES string of the molecule is FCCCCC1CCC(c2ccc(-c3ccc(C(F)C(F)F)c(F)c3)cc2)CC1. The summed E-state index contributed by atoms with van der Waals surface area (Å²) in [5, 5.41) is 0. The van der Waals surface area contributed by atoms with E-state index in [0.717, 1.165) is 43.4 Å². The van der Waals surface area contributed by atoms with Crippen molar-refractivity contribution in [2.24, 2.45) is 5.92 Å². The fourth-order valence-corrected chi connectivity index (χ4v) is 4.33. The molecular weight excluding hydrogens is 383 g/mol. The Morgan fingerprint density at radius 3 is 2.07 bits per heavy atom. The Morgan fingerprint density at radius 2 is 1.48 bits per heavy atom. The average Bonchev–Trinajstić information content (AvgIpc) is 2.74. The lowest BCUT2D eigenvalue weighted by molar-refractivity contribution is 0.0476. The van der Waals surface area contributed by atoms with Crippen molar-refractivity contribution < 1.29 is 22.0 Å². The first-order chi connectivity index (χ1) is 14.0. The molecular formula is C24H27F5. The van der Waals surface area contributed by atoms with Crippen molar-refractivity contribution in [2.75, 3.05) is 6.67 Å². The zero-order valence-electron chi connectivity index (χ0n) is 16.4. The van der Waals surface area contributed by atoms with E-state index in [4.69, 9.17) is 0 Å².